The number of para-hydroxylation sites is 2. The predicted octanol–water partition coefficient (Wildman–Crippen LogP) is 9.40. The monoisotopic (exact) mass is 444 g/mol. The molecule has 0 aromatic heterocycles. The van der Waals surface area contributed by atoms with Gasteiger partial charge in [-0.25, -0.2) is 0 Å². The molecule has 0 saturated heterocycles. The average molecular weight is 445 g/mol. The van der Waals surface area contributed by atoms with Gasteiger partial charge in [-0.3, -0.25) is 0 Å². The molecule has 0 radical (unpaired) electrons. The summed E-state index contributed by atoms with van der Waals surface area (Å²) in [6, 6.07) is 32.0. The van der Waals surface area contributed by atoms with Gasteiger partial charge in [-0.05, 0) is 66.9 Å². The second-order valence-corrected chi connectivity index (χ2v) is 7.81. The van der Waals surface area contributed by atoms with E-state index in [0.717, 1.165) is 50.8 Å². The summed E-state index contributed by atoms with van der Waals surface area (Å²) in [5.74, 6) is 3.24. The van der Waals surface area contributed by atoms with Crippen LogP contribution in [-0.4, -0.2) is 0 Å². The van der Waals surface area contributed by atoms with Crippen molar-refractivity contribution < 1.29 is 9.47 Å². The minimum absolute atomic E-state index is 0.789. The molecule has 4 rings (SSSR count). The molecule has 0 fully saturated rings. The molecule has 4 aromatic carbocycles. The van der Waals surface area contributed by atoms with Crippen LogP contribution < -0.4 is 9.47 Å². The van der Waals surface area contributed by atoms with E-state index in [-0.39, 0.29) is 0 Å². The van der Waals surface area contributed by atoms with Crippen LogP contribution in [-0.2, 0) is 0 Å². The van der Waals surface area contributed by atoms with Gasteiger partial charge >= 0.3 is 0 Å². The molecule has 0 aliphatic heterocycles. The van der Waals surface area contributed by atoms with Gasteiger partial charge < -0.3 is 9.47 Å². The lowest BCUT2D eigenvalue weighted by atomic mass is 9.99. The van der Waals surface area contributed by atoms with Crippen molar-refractivity contribution in [2.45, 2.75) is 13.8 Å². The summed E-state index contributed by atoms with van der Waals surface area (Å²) < 4.78 is 12.2. The highest BCUT2D eigenvalue weighted by atomic mass is 16.5. The van der Waals surface area contributed by atoms with E-state index in [1.54, 1.807) is 0 Å². The van der Waals surface area contributed by atoms with Crippen molar-refractivity contribution in [1.82, 2.24) is 0 Å². The van der Waals surface area contributed by atoms with Crippen molar-refractivity contribution in [3.05, 3.63) is 138 Å². The first-order valence-electron chi connectivity index (χ1n) is 11.4. The minimum Gasteiger partial charge on any atom is -0.457 e. The quantitative estimate of drug-likeness (QED) is 0.269. The number of rotatable bonds is 8. The van der Waals surface area contributed by atoms with Gasteiger partial charge in [-0.2, -0.15) is 0 Å². The van der Waals surface area contributed by atoms with E-state index in [2.05, 4.69) is 6.58 Å². The van der Waals surface area contributed by atoms with Gasteiger partial charge in [0.1, 0.15) is 23.0 Å². The van der Waals surface area contributed by atoms with E-state index in [0.29, 0.717) is 0 Å². The van der Waals surface area contributed by atoms with Gasteiger partial charge in [0, 0.05) is 11.1 Å². The molecule has 0 aliphatic carbocycles. The van der Waals surface area contributed by atoms with E-state index in [9.17, 15) is 0 Å². The highest BCUT2D eigenvalue weighted by Crippen LogP contribution is 2.31. The maximum absolute atomic E-state index is 6.10. The number of hydrogen-bond acceptors (Lipinski definition) is 2. The molecule has 0 heterocycles. The van der Waals surface area contributed by atoms with Gasteiger partial charge in [-0.1, -0.05) is 91.5 Å². The topological polar surface area (TPSA) is 18.5 Å². The summed E-state index contributed by atoms with van der Waals surface area (Å²) in [6.07, 6.45) is 8.09. The van der Waals surface area contributed by atoms with Crippen LogP contribution in [0.1, 0.15) is 36.1 Å². The van der Waals surface area contributed by atoms with Gasteiger partial charge in [0.15, 0.2) is 0 Å². The Bertz CT molecular complexity index is 1210. The van der Waals surface area contributed by atoms with Crippen molar-refractivity contribution in [2.75, 3.05) is 0 Å². The van der Waals surface area contributed by atoms with Gasteiger partial charge in [0.05, 0.1) is 0 Å². The molecule has 34 heavy (non-hydrogen) atoms. The molecule has 2 nitrogen and oxygen atoms in total. The Morgan fingerprint density at radius 3 is 1.32 bits per heavy atom. The van der Waals surface area contributed by atoms with Crippen LogP contribution in [0.3, 0.4) is 0 Å². The fraction of sp³-hybridized carbons (Fsp3) is 0.0625. The zero-order valence-corrected chi connectivity index (χ0v) is 19.6. The Morgan fingerprint density at radius 1 is 0.559 bits per heavy atom. The summed E-state index contributed by atoms with van der Waals surface area (Å²) in [5.41, 5.74) is 5.13. The van der Waals surface area contributed by atoms with Crippen molar-refractivity contribution in [1.29, 1.82) is 0 Å². The predicted molar refractivity (Wildman–Crippen MR) is 143 cm³/mol. The van der Waals surface area contributed by atoms with E-state index < -0.39 is 0 Å². The van der Waals surface area contributed by atoms with Gasteiger partial charge in [0.2, 0.25) is 0 Å². The molecular formula is C32H28O2. The van der Waals surface area contributed by atoms with Crippen molar-refractivity contribution in [3.63, 3.8) is 0 Å². The molecule has 0 atom stereocenters. The number of allylic oxidation sites excluding steroid dienone is 2. The molecule has 0 bridgehead atoms. The molecular weight excluding hydrogens is 416 g/mol. The third-order valence-electron chi connectivity index (χ3n) is 5.39. The number of hydrogen-bond donors (Lipinski definition) is 0. The number of benzene rings is 4. The lowest BCUT2D eigenvalue weighted by molar-refractivity contribution is 0.481. The first kappa shape index (κ1) is 22.9. The van der Waals surface area contributed by atoms with Crippen LogP contribution in [0.2, 0.25) is 0 Å². The Balaban J connectivity index is 1.45. The third-order valence-corrected chi connectivity index (χ3v) is 5.39. The standard InChI is InChI=1S/C32H28O2/c1-4-10-27-12-6-8-14-31(27)33-29-20-16-25(17-21-29)24(3)26-18-22-30(23-19-26)34-32-15-9-7-13-28(32)11-5-2/h4-23H,3H2,1-2H3/b10-4-,11-5-. The maximum atomic E-state index is 6.10. The first-order valence-corrected chi connectivity index (χ1v) is 11.4. The van der Waals surface area contributed by atoms with Crippen LogP contribution >= 0.6 is 0 Å². The zero-order valence-electron chi connectivity index (χ0n) is 19.6. The Morgan fingerprint density at radius 2 is 0.941 bits per heavy atom. The molecule has 168 valence electrons. The minimum atomic E-state index is 0.789. The average Bonchev–Trinajstić information content (AvgIpc) is 2.87. The summed E-state index contributed by atoms with van der Waals surface area (Å²) >= 11 is 0. The van der Waals surface area contributed by atoms with E-state index in [4.69, 9.17) is 9.47 Å². The number of ether oxygens (including phenoxy) is 2. The van der Waals surface area contributed by atoms with Crippen molar-refractivity contribution in [2.24, 2.45) is 0 Å². The van der Waals surface area contributed by atoms with Gasteiger partial charge in [0.25, 0.3) is 0 Å². The molecule has 0 saturated carbocycles. The lowest BCUT2D eigenvalue weighted by Gasteiger charge is -2.12. The van der Waals surface area contributed by atoms with Crippen LogP contribution in [0.15, 0.2) is 116 Å². The van der Waals surface area contributed by atoms with Crippen LogP contribution in [0.25, 0.3) is 17.7 Å². The normalized spacial score (nSPS) is 11.1. The molecule has 0 unspecified atom stereocenters. The van der Waals surface area contributed by atoms with Crippen LogP contribution in [0.5, 0.6) is 23.0 Å². The molecule has 4 aromatic rings. The highest BCUT2D eigenvalue weighted by Gasteiger charge is 2.07. The van der Waals surface area contributed by atoms with Crippen LogP contribution in [0.4, 0.5) is 0 Å². The fourth-order valence-electron chi connectivity index (χ4n) is 3.65. The molecule has 0 N–H and O–H groups in total. The Kier molecular flexibility index (Phi) is 7.42. The Labute approximate surface area is 202 Å². The van der Waals surface area contributed by atoms with E-state index in [1.807, 2.05) is 135 Å². The molecule has 0 amide bonds. The summed E-state index contributed by atoms with van der Waals surface area (Å²) in [7, 11) is 0. The fourth-order valence-corrected chi connectivity index (χ4v) is 3.65. The molecule has 2 heteroatoms. The molecule has 0 spiro atoms. The third kappa shape index (κ3) is 5.54. The summed E-state index contributed by atoms with van der Waals surface area (Å²) in [6.45, 7) is 8.30. The highest BCUT2D eigenvalue weighted by molar-refractivity contribution is 5.78. The summed E-state index contributed by atoms with van der Waals surface area (Å²) in [5, 5.41) is 0. The van der Waals surface area contributed by atoms with E-state index >= 15 is 0 Å². The Hall–Kier alpha value is -4.30. The SMILES string of the molecule is C=C(c1ccc(Oc2ccccc2/C=C\C)cc1)c1ccc(Oc2ccccc2/C=C\C)cc1. The van der Waals surface area contributed by atoms with Crippen LogP contribution in [0, 0.1) is 0 Å². The molecule has 0 aliphatic rings. The van der Waals surface area contributed by atoms with Gasteiger partial charge in [-0.15, -0.1) is 0 Å². The van der Waals surface area contributed by atoms with E-state index in [1.165, 1.54) is 0 Å². The van der Waals surface area contributed by atoms with Crippen molar-refractivity contribution in [3.8, 4) is 23.0 Å². The largest absolute Gasteiger partial charge is 0.457 e. The van der Waals surface area contributed by atoms with Crippen molar-refractivity contribution >= 4 is 17.7 Å². The maximum Gasteiger partial charge on any atom is 0.134 e. The second-order valence-electron chi connectivity index (χ2n) is 7.81. The zero-order chi connectivity index (χ0) is 23.8. The lowest BCUT2D eigenvalue weighted by Crippen LogP contribution is -1.91. The second kappa shape index (κ2) is 11.0. The first-order chi connectivity index (χ1) is 16.7. The smallest absolute Gasteiger partial charge is 0.134 e. The summed E-state index contributed by atoms with van der Waals surface area (Å²) in [4.78, 5) is 0.